The average molecular weight is 321 g/mol. The maximum absolute atomic E-state index is 12.4. The summed E-state index contributed by atoms with van der Waals surface area (Å²) in [7, 11) is -3.54. The van der Waals surface area contributed by atoms with Crippen LogP contribution in [0.15, 0.2) is 0 Å². The molecule has 4 nitrogen and oxygen atoms in total. The van der Waals surface area contributed by atoms with Gasteiger partial charge in [-0.3, -0.25) is 0 Å². The van der Waals surface area contributed by atoms with Crippen molar-refractivity contribution >= 4 is 10.2 Å². The fourth-order valence-electron chi connectivity index (χ4n) is 3.48. The van der Waals surface area contributed by atoms with E-state index in [-0.39, 0.29) is 10.8 Å². The lowest BCUT2D eigenvalue weighted by atomic mass is 9.82. The van der Waals surface area contributed by atoms with Gasteiger partial charge in [-0.05, 0) is 51.4 Å². The van der Waals surface area contributed by atoms with Crippen LogP contribution in [0.5, 0.6) is 0 Å². The van der Waals surface area contributed by atoms with Crippen LogP contribution in [-0.4, -0.2) is 19.5 Å². The molecule has 0 heterocycles. The largest absolute Gasteiger partial charge is 0.277 e. The first-order chi connectivity index (χ1) is 8.83. The van der Waals surface area contributed by atoms with Gasteiger partial charge in [0.2, 0.25) is 0 Å². The van der Waals surface area contributed by atoms with E-state index in [1.54, 1.807) is 0 Å². The van der Waals surface area contributed by atoms with E-state index in [2.05, 4.69) is 51.0 Å². The second kappa shape index (κ2) is 6.17. The summed E-state index contributed by atoms with van der Waals surface area (Å²) in [5, 5.41) is 0. The van der Waals surface area contributed by atoms with Crippen LogP contribution in [0.2, 0.25) is 0 Å². The zero-order valence-electron chi connectivity index (χ0n) is 15.6. The van der Waals surface area contributed by atoms with Crippen molar-refractivity contribution in [1.29, 1.82) is 0 Å². The quantitative estimate of drug-likeness (QED) is 0.781. The molecule has 21 heavy (non-hydrogen) atoms. The maximum atomic E-state index is 12.4. The van der Waals surface area contributed by atoms with E-state index in [1.165, 1.54) is 0 Å². The van der Waals surface area contributed by atoms with Gasteiger partial charge in [-0.2, -0.15) is 17.9 Å². The van der Waals surface area contributed by atoms with Crippen LogP contribution >= 0.6 is 0 Å². The summed E-state index contributed by atoms with van der Waals surface area (Å²) in [6.07, 6.45) is 1.53. The molecule has 0 aromatic carbocycles. The van der Waals surface area contributed by atoms with E-state index in [1.807, 2.05) is 27.7 Å². The molecular weight excluding hydrogens is 284 g/mol. The maximum Gasteiger partial charge on any atom is 0.277 e. The molecule has 2 N–H and O–H groups in total. The molecular formula is C16H36N2O2S. The molecule has 0 aliphatic heterocycles. The molecule has 0 spiro atoms. The Morgan fingerprint density at radius 3 is 1.05 bits per heavy atom. The van der Waals surface area contributed by atoms with E-state index in [4.69, 9.17) is 0 Å². The first-order valence-electron chi connectivity index (χ1n) is 7.66. The van der Waals surface area contributed by atoms with E-state index in [0.29, 0.717) is 0 Å². The highest BCUT2D eigenvalue weighted by molar-refractivity contribution is 7.87. The lowest BCUT2D eigenvalue weighted by molar-refractivity contribution is 0.257. The molecule has 0 rings (SSSR count). The Morgan fingerprint density at radius 2 is 0.857 bits per heavy atom. The molecule has 0 atom stereocenters. The Bertz CT molecular complexity index is 402. The Labute approximate surface area is 132 Å². The Hall–Kier alpha value is -0.130. The molecule has 0 bridgehead atoms. The van der Waals surface area contributed by atoms with E-state index in [9.17, 15) is 8.42 Å². The minimum absolute atomic E-state index is 0.0624. The predicted octanol–water partition coefficient (Wildman–Crippen LogP) is 3.84. The van der Waals surface area contributed by atoms with E-state index >= 15 is 0 Å². The molecule has 0 aliphatic rings. The summed E-state index contributed by atoms with van der Waals surface area (Å²) >= 11 is 0. The predicted molar refractivity (Wildman–Crippen MR) is 91.5 cm³/mol. The zero-order chi connectivity index (χ0) is 17.3. The van der Waals surface area contributed by atoms with Crippen LogP contribution in [0, 0.1) is 10.8 Å². The second-order valence-electron chi connectivity index (χ2n) is 9.95. The monoisotopic (exact) mass is 320 g/mol. The van der Waals surface area contributed by atoms with Crippen molar-refractivity contribution in [2.75, 3.05) is 0 Å². The van der Waals surface area contributed by atoms with Gasteiger partial charge in [0.1, 0.15) is 0 Å². The first kappa shape index (κ1) is 20.9. The Kier molecular flexibility index (Phi) is 6.13. The Balaban J connectivity index is 4.93. The van der Waals surface area contributed by atoms with Crippen molar-refractivity contribution in [2.24, 2.45) is 10.8 Å². The van der Waals surface area contributed by atoms with Crippen molar-refractivity contribution < 1.29 is 8.42 Å². The first-order valence-corrected chi connectivity index (χ1v) is 9.14. The van der Waals surface area contributed by atoms with E-state index in [0.717, 1.165) is 12.8 Å². The lowest BCUT2D eigenvalue weighted by Gasteiger charge is -2.36. The third-order valence-corrected chi connectivity index (χ3v) is 4.41. The minimum atomic E-state index is -3.54. The lowest BCUT2D eigenvalue weighted by Crippen LogP contribution is -2.56. The highest BCUT2D eigenvalue weighted by atomic mass is 32.2. The fourth-order valence-corrected chi connectivity index (χ4v) is 5.13. The average Bonchev–Trinajstić information content (AvgIpc) is 1.83. The van der Waals surface area contributed by atoms with Crippen molar-refractivity contribution in [3.8, 4) is 0 Å². The number of nitrogens with one attached hydrogen (secondary N) is 2. The smallest absolute Gasteiger partial charge is 0.197 e. The molecule has 0 aliphatic carbocycles. The van der Waals surface area contributed by atoms with Gasteiger partial charge in [0.05, 0.1) is 0 Å². The molecule has 0 unspecified atom stereocenters. The molecule has 0 radical (unpaired) electrons. The van der Waals surface area contributed by atoms with Crippen molar-refractivity contribution in [1.82, 2.24) is 9.44 Å². The van der Waals surface area contributed by atoms with Crippen molar-refractivity contribution in [3.63, 3.8) is 0 Å². The van der Waals surface area contributed by atoms with Gasteiger partial charge in [-0.25, -0.2) is 0 Å². The zero-order valence-corrected chi connectivity index (χ0v) is 16.5. The molecule has 0 fully saturated rings. The number of hydrogen-bond acceptors (Lipinski definition) is 2. The normalized spacial score (nSPS) is 15.3. The highest BCUT2D eigenvalue weighted by Crippen LogP contribution is 2.29. The van der Waals surface area contributed by atoms with E-state index < -0.39 is 21.3 Å². The van der Waals surface area contributed by atoms with Crippen LogP contribution in [0.25, 0.3) is 0 Å². The highest BCUT2D eigenvalue weighted by Gasteiger charge is 2.34. The number of hydrogen-bond donors (Lipinski definition) is 2. The molecule has 0 saturated carbocycles. The fraction of sp³-hybridized carbons (Fsp3) is 1.00. The summed E-state index contributed by atoms with van der Waals surface area (Å²) in [5.74, 6) is 0. The molecule has 0 aromatic heterocycles. The molecule has 0 aromatic rings. The van der Waals surface area contributed by atoms with Crippen LogP contribution < -0.4 is 9.44 Å². The van der Waals surface area contributed by atoms with Gasteiger partial charge >= 0.3 is 0 Å². The van der Waals surface area contributed by atoms with Crippen molar-refractivity contribution in [3.05, 3.63) is 0 Å². The van der Waals surface area contributed by atoms with Crippen molar-refractivity contribution in [2.45, 2.75) is 93.2 Å². The molecule has 0 saturated heterocycles. The van der Waals surface area contributed by atoms with Gasteiger partial charge in [-0.15, -0.1) is 0 Å². The second-order valence-corrected chi connectivity index (χ2v) is 11.4. The molecule has 0 amide bonds. The van der Waals surface area contributed by atoms with Gasteiger partial charge < -0.3 is 0 Å². The SMILES string of the molecule is CC(C)(C)CC(C)(C)NS(=O)(=O)NC(C)(C)CC(C)(C)C. The molecule has 5 heteroatoms. The summed E-state index contributed by atoms with van der Waals surface area (Å²) in [4.78, 5) is 0. The third-order valence-electron chi connectivity index (χ3n) is 2.77. The topological polar surface area (TPSA) is 58.2 Å². The summed E-state index contributed by atoms with van der Waals surface area (Å²) in [6.45, 7) is 20.4. The third kappa shape index (κ3) is 11.1. The minimum Gasteiger partial charge on any atom is -0.197 e. The summed E-state index contributed by atoms with van der Waals surface area (Å²) in [5.41, 5.74) is -0.844. The standard InChI is InChI=1S/C16H36N2O2S/c1-13(2,3)11-15(7,8)17-21(19,20)18-16(9,10)12-14(4,5)6/h17-18H,11-12H2,1-10H3. The van der Waals surface area contributed by atoms with Gasteiger partial charge in [0.25, 0.3) is 10.2 Å². The summed E-state index contributed by atoms with van der Waals surface area (Å²) < 4.78 is 30.4. The van der Waals surface area contributed by atoms with Crippen LogP contribution in [0.4, 0.5) is 0 Å². The van der Waals surface area contributed by atoms with Gasteiger partial charge in [-0.1, -0.05) is 41.5 Å². The van der Waals surface area contributed by atoms with Crippen LogP contribution in [0.3, 0.4) is 0 Å². The van der Waals surface area contributed by atoms with Crippen LogP contribution in [-0.2, 0) is 10.2 Å². The number of rotatable bonds is 6. The summed E-state index contributed by atoms with van der Waals surface area (Å²) in [6, 6.07) is 0. The van der Waals surface area contributed by atoms with Crippen LogP contribution in [0.1, 0.15) is 82.1 Å². The molecule has 128 valence electrons. The van der Waals surface area contributed by atoms with Gasteiger partial charge in [0.15, 0.2) is 0 Å². The Morgan fingerprint density at radius 1 is 0.619 bits per heavy atom. The van der Waals surface area contributed by atoms with Gasteiger partial charge in [0, 0.05) is 11.1 Å².